The van der Waals surface area contributed by atoms with E-state index in [-0.39, 0.29) is 0 Å². The van der Waals surface area contributed by atoms with Gasteiger partial charge in [-0.1, -0.05) is 140 Å². The van der Waals surface area contributed by atoms with Gasteiger partial charge >= 0.3 is 0 Å². The van der Waals surface area contributed by atoms with E-state index in [9.17, 15) is 0 Å². The quantitative estimate of drug-likeness (QED) is 0.189. The predicted molar refractivity (Wildman–Crippen MR) is 190 cm³/mol. The van der Waals surface area contributed by atoms with Crippen molar-refractivity contribution in [2.24, 2.45) is 0 Å². The molecular formula is C44H30. The van der Waals surface area contributed by atoms with Gasteiger partial charge < -0.3 is 0 Å². The molecule has 0 unspecified atom stereocenters. The van der Waals surface area contributed by atoms with Gasteiger partial charge in [0, 0.05) is 0 Å². The number of rotatable bonds is 3. The summed E-state index contributed by atoms with van der Waals surface area (Å²) in [5, 5.41) is 10.2. The van der Waals surface area contributed by atoms with E-state index in [0.717, 1.165) is 12.8 Å². The summed E-state index contributed by atoms with van der Waals surface area (Å²) in [6.07, 6.45) is 6.84. The zero-order chi connectivity index (χ0) is 29.0. The molecule has 1 aliphatic carbocycles. The molecule has 0 saturated carbocycles. The molecule has 0 spiro atoms. The lowest BCUT2D eigenvalue weighted by atomic mass is 9.84. The molecule has 0 atom stereocenters. The smallest absolute Gasteiger partial charge is 0.00201 e. The van der Waals surface area contributed by atoms with E-state index in [4.69, 9.17) is 0 Å². The van der Waals surface area contributed by atoms with E-state index in [2.05, 4.69) is 158 Å². The molecule has 0 amide bonds. The average molecular weight is 559 g/mol. The highest BCUT2D eigenvalue weighted by molar-refractivity contribution is 6.23. The van der Waals surface area contributed by atoms with Gasteiger partial charge in [0.05, 0.1) is 0 Å². The minimum Gasteiger partial charge on any atom is -0.0836 e. The third-order valence-electron chi connectivity index (χ3n) is 9.48. The SMILES string of the molecule is C1=Cc2cc(-c3ccc4ccc(-c5c6ccccc6c(-c6cccc7ccccc67)c6ccccc56)cc4c3)ccc2CC1. The molecule has 0 nitrogen and oxygen atoms in total. The van der Waals surface area contributed by atoms with Crippen LogP contribution in [0.4, 0.5) is 0 Å². The van der Waals surface area contributed by atoms with Gasteiger partial charge in [-0.25, -0.2) is 0 Å². The van der Waals surface area contributed by atoms with Crippen molar-refractivity contribution in [3.8, 4) is 33.4 Å². The Morgan fingerprint density at radius 3 is 1.75 bits per heavy atom. The summed E-state index contributed by atoms with van der Waals surface area (Å²) in [6, 6.07) is 54.1. The van der Waals surface area contributed by atoms with Crippen LogP contribution in [0.1, 0.15) is 17.5 Å². The largest absolute Gasteiger partial charge is 0.0836 e. The highest BCUT2D eigenvalue weighted by atomic mass is 14.2. The Morgan fingerprint density at radius 2 is 0.977 bits per heavy atom. The van der Waals surface area contributed by atoms with E-state index in [1.54, 1.807) is 0 Å². The molecule has 0 heterocycles. The van der Waals surface area contributed by atoms with Crippen molar-refractivity contribution < 1.29 is 0 Å². The topological polar surface area (TPSA) is 0 Å². The van der Waals surface area contributed by atoms with E-state index in [0.29, 0.717) is 0 Å². The standard InChI is InChI=1S/C44H30/c1-2-12-32-26-33(23-20-29(32)10-1)34-24-21-30-22-25-35(28-36(30)27-34)43-39-15-5-7-17-41(39)44(42-18-8-6-16-40(42)43)38-19-9-13-31-11-3-4-14-37(31)38/h2-9,11-28H,1,10H2. The summed E-state index contributed by atoms with van der Waals surface area (Å²) in [5.41, 5.74) is 10.5. The molecule has 0 aromatic heterocycles. The molecular weight excluding hydrogens is 528 g/mol. The molecule has 0 radical (unpaired) electrons. The maximum Gasteiger partial charge on any atom is -0.00201 e. The molecule has 0 aliphatic heterocycles. The summed E-state index contributed by atoms with van der Waals surface area (Å²) in [6.45, 7) is 0. The van der Waals surface area contributed by atoms with E-state index < -0.39 is 0 Å². The Bertz CT molecular complexity index is 2380. The normalized spacial score (nSPS) is 12.7. The number of fused-ring (bicyclic) bond motifs is 5. The fraction of sp³-hybridized carbons (Fsp3) is 0.0455. The van der Waals surface area contributed by atoms with Gasteiger partial charge in [0.15, 0.2) is 0 Å². The van der Waals surface area contributed by atoms with Gasteiger partial charge in [-0.15, -0.1) is 0 Å². The Balaban J connectivity index is 1.28. The van der Waals surface area contributed by atoms with Crippen LogP contribution in [0.2, 0.25) is 0 Å². The molecule has 0 fully saturated rings. The molecule has 8 aromatic rings. The second-order valence-electron chi connectivity index (χ2n) is 12.0. The molecule has 0 heteroatoms. The minimum absolute atomic E-state index is 1.13. The summed E-state index contributed by atoms with van der Waals surface area (Å²) in [7, 11) is 0. The number of allylic oxidation sites excluding steroid dienone is 1. The van der Waals surface area contributed by atoms with Crippen molar-refractivity contribution in [1.29, 1.82) is 0 Å². The fourth-order valence-corrected chi connectivity index (χ4v) is 7.36. The monoisotopic (exact) mass is 558 g/mol. The van der Waals surface area contributed by atoms with E-state index in [1.807, 2.05) is 0 Å². The van der Waals surface area contributed by atoms with Gasteiger partial charge in [-0.3, -0.25) is 0 Å². The van der Waals surface area contributed by atoms with Gasteiger partial charge in [0.25, 0.3) is 0 Å². The lowest BCUT2D eigenvalue weighted by molar-refractivity contribution is 0.986. The van der Waals surface area contributed by atoms with Gasteiger partial charge in [0.2, 0.25) is 0 Å². The molecule has 44 heavy (non-hydrogen) atoms. The van der Waals surface area contributed by atoms with Crippen LogP contribution >= 0.6 is 0 Å². The van der Waals surface area contributed by atoms with Crippen LogP contribution in [0.25, 0.3) is 82.5 Å². The zero-order valence-corrected chi connectivity index (χ0v) is 24.4. The van der Waals surface area contributed by atoms with Crippen molar-refractivity contribution in [3.05, 3.63) is 163 Å². The highest BCUT2D eigenvalue weighted by Crippen LogP contribution is 2.45. The molecule has 0 saturated heterocycles. The van der Waals surface area contributed by atoms with Crippen molar-refractivity contribution in [1.82, 2.24) is 0 Å². The molecule has 1 aliphatic rings. The lowest BCUT2D eigenvalue weighted by Crippen LogP contribution is -1.94. The minimum atomic E-state index is 1.13. The van der Waals surface area contributed by atoms with Crippen LogP contribution in [0.5, 0.6) is 0 Å². The first-order valence-electron chi connectivity index (χ1n) is 15.6. The summed E-state index contributed by atoms with van der Waals surface area (Å²) in [4.78, 5) is 0. The summed E-state index contributed by atoms with van der Waals surface area (Å²) >= 11 is 0. The number of hydrogen-bond acceptors (Lipinski definition) is 0. The van der Waals surface area contributed by atoms with Crippen molar-refractivity contribution >= 4 is 49.2 Å². The van der Waals surface area contributed by atoms with E-state index in [1.165, 1.54) is 87.6 Å². The maximum absolute atomic E-state index is 2.39. The van der Waals surface area contributed by atoms with Crippen LogP contribution in [0.3, 0.4) is 0 Å². The molecule has 0 bridgehead atoms. The first-order valence-corrected chi connectivity index (χ1v) is 15.6. The first kappa shape index (κ1) is 25.1. The van der Waals surface area contributed by atoms with Crippen molar-refractivity contribution in [3.63, 3.8) is 0 Å². The lowest BCUT2D eigenvalue weighted by Gasteiger charge is -2.19. The number of aryl methyl sites for hydroxylation is 1. The Hall–Kier alpha value is -5.46. The molecule has 0 N–H and O–H groups in total. The summed E-state index contributed by atoms with van der Waals surface area (Å²) < 4.78 is 0. The van der Waals surface area contributed by atoms with Gasteiger partial charge in [0.1, 0.15) is 0 Å². The van der Waals surface area contributed by atoms with Crippen molar-refractivity contribution in [2.45, 2.75) is 12.8 Å². The molecule has 9 rings (SSSR count). The zero-order valence-electron chi connectivity index (χ0n) is 24.4. The van der Waals surface area contributed by atoms with Crippen LogP contribution in [0, 0.1) is 0 Å². The van der Waals surface area contributed by atoms with E-state index >= 15 is 0 Å². The predicted octanol–water partition coefficient (Wildman–Crippen LogP) is 12.3. The highest BCUT2D eigenvalue weighted by Gasteiger charge is 2.18. The maximum atomic E-state index is 2.39. The van der Waals surface area contributed by atoms with Crippen LogP contribution in [-0.4, -0.2) is 0 Å². The fourth-order valence-electron chi connectivity index (χ4n) is 7.36. The first-order chi connectivity index (χ1) is 21.8. The van der Waals surface area contributed by atoms with Crippen LogP contribution in [0.15, 0.2) is 152 Å². The molecule has 8 aromatic carbocycles. The third kappa shape index (κ3) is 3.99. The Kier molecular flexibility index (Phi) is 5.74. The van der Waals surface area contributed by atoms with Crippen LogP contribution < -0.4 is 0 Å². The molecule has 206 valence electrons. The number of benzene rings is 8. The van der Waals surface area contributed by atoms with Crippen LogP contribution in [-0.2, 0) is 6.42 Å². The number of hydrogen-bond donors (Lipinski definition) is 0. The average Bonchev–Trinajstić information content (AvgIpc) is 3.09. The third-order valence-corrected chi connectivity index (χ3v) is 9.48. The second-order valence-corrected chi connectivity index (χ2v) is 12.0. The van der Waals surface area contributed by atoms with Gasteiger partial charge in [-0.2, -0.15) is 0 Å². The van der Waals surface area contributed by atoms with Crippen molar-refractivity contribution in [2.75, 3.05) is 0 Å². The Morgan fingerprint density at radius 1 is 0.386 bits per heavy atom. The second kappa shape index (κ2) is 10.1. The Labute approximate surface area is 257 Å². The summed E-state index contributed by atoms with van der Waals surface area (Å²) in [5.74, 6) is 0. The van der Waals surface area contributed by atoms with Gasteiger partial charge in [-0.05, 0) is 119 Å².